The summed E-state index contributed by atoms with van der Waals surface area (Å²) in [6.07, 6.45) is 2.49. The first-order valence-electron chi connectivity index (χ1n) is 8.38. The maximum Gasteiger partial charge on any atom is 0.251 e. The van der Waals surface area contributed by atoms with Gasteiger partial charge in [0.1, 0.15) is 11.6 Å². The molecule has 25 heavy (non-hydrogen) atoms. The lowest BCUT2D eigenvalue weighted by Gasteiger charge is -2.23. The van der Waals surface area contributed by atoms with Gasteiger partial charge >= 0.3 is 0 Å². The molecule has 0 spiro atoms. The van der Waals surface area contributed by atoms with Crippen molar-refractivity contribution in [2.24, 2.45) is 0 Å². The number of H-pyrrole nitrogens is 1. The topological polar surface area (TPSA) is 54.1 Å². The van der Waals surface area contributed by atoms with Gasteiger partial charge in [-0.05, 0) is 61.2 Å². The first-order valence-corrected chi connectivity index (χ1v) is 8.38. The Morgan fingerprint density at radius 2 is 2.16 bits per heavy atom. The number of carbonyl (C=O) groups excluding carboxylic acids is 1. The molecule has 1 atom stereocenters. The van der Waals surface area contributed by atoms with Gasteiger partial charge in [-0.1, -0.05) is 6.07 Å². The van der Waals surface area contributed by atoms with Crippen molar-refractivity contribution < 1.29 is 13.9 Å². The fourth-order valence-corrected chi connectivity index (χ4v) is 3.54. The van der Waals surface area contributed by atoms with E-state index in [9.17, 15) is 9.18 Å². The van der Waals surface area contributed by atoms with Crippen LogP contribution in [0.15, 0.2) is 42.5 Å². The van der Waals surface area contributed by atoms with E-state index in [1.807, 2.05) is 18.2 Å². The highest BCUT2D eigenvalue weighted by molar-refractivity contribution is 5.94. The fraction of sp³-hybridized carbons (Fsp3) is 0.250. The number of amides is 1. The molecule has 1 aromatic heterocycles. The Morgan fingerprint density at radius 3 is 2.96 bits per heavy atom. The van der Waals surface area contributed by atoms with E-state index in [4.69, 9.17) is 4.74 Å². The quantitative estimate of drug-likeness (QED) is 0.767. The Kier molecular flexibility index (Phi) is 3.92. The second kappa shape index (κ2) is 6.24. The smallest absolute Gasteiger partial charge is 0.251 e. The Morgan fingerprint density at radius 1 is 1.28 bits per heavy atom. The lowest BCUT2D eigenvalue weighted by atomic mass is 9.91. The zero-order valence-corrected chi connectivity index (χ0v) is 13.9. The largest absolute Gasteiger partial charge is 0.497 e. The summed E-state index contributed by atoms with van der Waals surface area (Å²) in [5.74, 6) is 0.188. The number of carbonyl (C=O) groups is 1. The van der Waals surface area contributed by atoms with Crippen LogP contribution in [0.3, 0.4) is 0 Å². The van der Waals surface area contributed by atoms with E-state index in [1.165, 1.54) is 23.4 Å². The van der Waals surface area contributed by atoms with E-state index in [0.717, 1.165) is 35.9 Å². The molecular formula is C20H19FN2O2. The van der Waals surface area contributed by atoms with Crippen LogP contribution in [-0.2, 0) is 12.8 Å². The minimum Gasteiger partial charge on any atom is -0.497 e. The van der Waals surface area contributed by atoms with Gasteiger partial charge in [-0.25, -0.2) is 4.39 Å². The number of aryl methyl sites for hydroxylation is 1. The summed E-state index contributed by atoms with van der Waals surface area (Å²) in [6, 6.07) is 11.8. The molecule has 1 heterocycles. The highest BCUT2D eigenvalue weighted by Gasteiger charge is 2.24. The molecule has 4 nitrogen and oxygen atoms in total. The first kappa shape index (κ1) is 15.7. The summed E-state index contributed by atoms with van der Waals surface area (Å²) < 4.78 is 18.6. The van der Waals surface area contributed by atoms with Crippen molar-refractivity contribution in [1.82, 2.24) is 10.3 Å². The fourth-order valence-electron chi connectivity index (χ4n) is 3.54. The summed E-state index contributed by atoms with van der Waals surface area (Å²) in [6.45, 7) is 0. The summed E-state index contributed by atoms with van der Waals surface area (Å²) in [4.78, 5) is 15.8. The third-order valence-electron chi connectivity index (χ3n) is 4.82. The minimum atomic E-state index is -0.401. The van der Waals surface area contributed by atoms with E-state index in [1.54, 1.807) is 19.2 Å². The lowest BCUT2D eigenvalue weighted by Crippen LogP contribution is -2.38. The van der Waals surface area contributed by atoms with Crippen LogP contribution in [-0.4, -0.2) is 24.0 Å². The molecule has 3 aromatic rings. The van der Waals surface area contributed by atoms with Crippen molar-refractivity contribution in [1.29, 1.82) is 0 Å². The highest BCUT2D eigenvalue weighted by atomic mass is 19.1. The van der Waals surface area contributed by atoms with Crippen LogP contribution < -0.4 is 10.1 Å². The summed E-state index contributed by atoms with van der Waals surface area (Å²) in [5, 5.41) is 4.17. The third kappa shape index (κ3) is 2.97. The molecule has 1 aliphatic rings. The Labute approximate surface area is 145 Å². The van der Waals surface area contributed by atoms with Crippen LogP contribution in [0.4, 0.5) is 4.39 Å². The predicted octanol–water partition coefficient (Wildman–Crippen LogP) is 3.60. The molecule has 0 radical (unpaired) electrons. The average Bonchev–Trinajstić information content (AvgIpc) is 2.98. The van der Waals surface area contributed by atoms with Gasteiger partial charge in [0.05, 0.1) is 7.11 Å². The van der Waals surface area contributed by atoms with Crippen molar-refractivity contribution in [2.75, 3.05) is 7.11 Å². The van der Waals surface area contributed by atoms with E-state index >= 15 is 0 Å². The van der Waals surface area contributed by atoms with Crippen LogP contribution in [0, 0.1) is 5.82 Å². The highest BCUT2D eigenvalue weighted by Crippen LogP contribution is 2.31. The average molecular weight is 338 g/mol. The van der Waals surface area contributed by atoms with Crippen molar-refractivity contribution in [2.45, 2.75) is 25.3 Å². The van der Waals surface area contributed by atoms with Gasteiger partial charge in [-0.3, -0.25) is 4.79 Å². The third-order valence-corrected chi connectivity index (χ3v) is 4.82. The van der Waals surface area contributed by atoms with Crippen molar-refractivity contribution in [3.63, 3.8) is 0 Å². The standard InChI is InChI=1S/C20H19FN2O2/c1-25-15-6-8-19-17(11-15)16-10-14(5-7-18(16)23-19)22-20(24)12-3-2-4-13(21)9-12/h2-4,6,8-9,11,14,23H,5,7,10H2,1H3,(H,22,24). The van der Waals surface area contributed by atoms with Gasteiger partial charge in [0, 0.05) is 28.2 Å². The van der Waals surface area contributed by atoms with E-state index in [-0.39, 0.29) is 11.9 Å². The maximum atomic E-state index is 13.3. The monoisotopic (exact) mass is 338 g/mol. The molecule has 1 unspecified atom stereocenters. The number of ether oxygens (including phenoxy) is 1. The maximum absolute atomic E-state index is 13.3. The number of halogens is 1. The second-order valence-corrected chi connectivity index (χ2v) is 6.42. The normalized spacial score (nSPS) is 16.5. The number of aromatic amines is 1. The van der Waals surface area contributed by atoms with E-state index in [2.05, 4.69) is 10.3 Å². The van der Waals surface area contributed by atoms with Crippen LogP contribution >= 0.6 is 0 Å². The van der Waals surface area contributed by atoms with Crippen molar-refractivity contribution in [3.8, 4) is 5.75 Å². The summed E-state index contributed by atoms with van der Waals surface area (Å²) >= 11 is 0. The molecule has 128 valence electrons. The van der Waals surface area contributed by atoms with Crippen LogP contribution in [0.25, 0.3) is 10.9 Å². The Hall–Kier alpha value is -2.82. The molecule has 1 aliphatic carbocycles. The van der Waals surface area contributed by atoms with Gasteiger partial charge in [-0.2, -0.15) is 0 Å². The van der Waals surface area contributed by atoms with E-state index in [0.29, 0.717) is 5.56 Å². The SMILES string of the molecule is COc1ccc2[nH]c3c(c2c1)CC(NC(=O)c1cccc(F)c1)CC3. The summed E-state index contributed by atoms with van der Waals surface area (Å²) in [7, 11) is 1.66. The number of benzene rings is 2. The van der Waals surface area contributed by atoms with Crippen LogP contribution in [0.5, 0.6) is 5.75 Å². The molecular weight excluding hydrogens is 319 g/mol. The van der Waals surface area contributed by atoms with Gasteiger partial charge in [0.15, 0.2) is 0 Å². The lowest BCUT2D eigenvalue weighted by molar-refractivity contribution is 0.0933. The van der Waals surface area contributed by atoms with Gasteiger partial charge in [0.2, 0.25) is 0 Å². The molecule has 0 saturated heterocycles. The zero-order valence-electron chi connectivity index (χ0n) is 13.9. The second-order valence-electron chi connectivity index (χ2n) is 6.42. The number of rotatable bonds is 3. The Bertz CT molecular complexity index is 948. The number of nitrogens with one attached hydrogen (secondary N) is 2. The predicted molar refractivity (Wildman–Crippen MR) is 94.5 cm³/mol. The van der Waals surface area contributed by atoms with Crippen LogP contribution in [0.1, 0.15) is 28.0 Å². The molecule has 0 fully saturated rings. The van der Waals surface area contributed by atoms with Gasteiger partial charge < -0.3 is 15.0 Å². The van der Waals surface area contributed by atoms with Crippen LogP contribution in [0.2, 0.25) is 0 Å². The van der Waals surface area contributed by atoms with Crippen molar-refractivity contribution >= 4 is 16.8 Å². The number of hydrogen-bond acceptors (Lipinski definition) is 2. The summed E-state index contributed by atoms with van der Waals surface area (Å²) in [5.41, 5.74) is 3.89. The number of hydrogen-bond donors (Lipinski definition) is 2. The Balaban J connectivity index is 1.57. The molecule has 0 saturated carbocycles. The molecule has 2 aromatic carbocycles. The molecule has 4 rings (SSSR count). The molecule has 0 bridgehead atoms. The van der Waals surface area contributed by atoms with Gasteiger partial charge in [-0.15, -0.1) is 0 Å². The van der Waals surface area contributed by atoms with Crippen molar-refractivity contribution in [3.05, 3.63) is 65.1 Å². The first-order chi connectivity index (χ1) is 12.1. The molecule has 2 N–H and O–H groups in total. The molecule has 1 amide bonds. The van der Waals surface area contributed by atoms with Gasteiger partial charge in [0.25, 0.3) is 5.91 Å². The number of fused-ring (bicyclic) bond motifs is 3. The zero-order chi connectivity index (χ0) is 17.4. The number of aromatic nitrogens is 1. The van der Waals surface area contributed by atoms with E-state index < -0.39 is 5.82 Å². The molecule has 5 heteroatoms. The minimum absolute atomic E-state index is 0.0356. The number of methoxy groups -OCH3 is 1. The molecule has 0 aliphatic heterocycles.